The molecule has 3 nitrogen and oxygen atoms in total. The van der Waals surface area contributed by atoms with Gasteiger partial charge < -0.3 is 9.80 Å². The summed E-state index contributed by atoms with van der Waals surface area (Å²) in [6, 6.07) is 17.4. The summed E-state index contributed by atoms with van der Waals surface area (Å²) >= 11 is 0. The van der Waals surface area contributed by atoms with Crippen LogP contribution in [0.5, 0.6) is 0 Å². The molecule has 29 heavy (non-hydrogen) atoms. The first-order chi connectivity index (χ1) is 13.8. The Balaban J connectivity index is 1.77. The van der Waals surface area contributed by atoms with Crippen LogP contribution >= 0.6 is 0 Å². The van der Waals surface area contributed by atoms with Crippen molar-refractivity contribution in [1.82, 2.24) is 0 Å². The van der Waals surface area contributed by atoms with Crippen LogP contribution in [0.2, 0.25) is 0 Å². The third-order valence-electron chi connectivity index (χ3n) is 7.00. The highest BCUT2D eigenvalue weighted by molar-refractivity contribution is 5.97. The van der Waals surface area contributed by atoms with Gasteiger partial charge in [0.15, 0.2) is 6.54 Å². The number of piperidine rings is 1. The number of carbonyl (C=O) groups excluding carboxylic acids is 1. The first-order valence-electron chi connectivity index (χ1n) is 11.1. The second-order valence-corrected chi connectivity index (χ2v) is 9.92. The first-order valence-corrected chi connectivity index (χ1v) is 11.1. The van der Waals surface area contributed by atoms with E-state index in [-0.39, 0.29) is 16.9 Å². The van der Waals surface area contributed by atoms with Crippen LogP contribution in [-0.4, -0.2) is 31.1 Å². The smallest absolute Gasteiger partial charge is 0.282 e. The number of amides is 1. The number of likely N-dealkylation sites (tertiary alicyclic amines) is 1. The summed E-state index contributed by atoms with van der Waals surface area (Å²) in [7, 11) is 0. The van der Waals surface area contributed by atoms with Crippen molar-refractivity contribution in [3.05, 3.63) is 65.2 Å². The predicted octanol–water partition coefficient (Wildman–Crippen LogP) is 3.89. The molecule has 1 fully saturated rings. The number of quaternary nitrogens is 1. The van der Waals surface area contributed by atoms with Gasteiger partial charge in [0.1, 0.15) is 0 Å². The van der Waals surface area contributed by atoms with Crippen molar-refractivity contribution in [2.75, 3.05) is 24.5 Å². The molecule has 154 valence electrons. The fourth-order valence-electron chi connectivity index (χ4n) is 5.71. The average molecular weight is 392 g/mol. The Labute approximate surface area is 175 Å². The molecule has 1 amide bonds. The number of carbonyl (C=O) groups is 1. The molecule has 0 aromatic heterocycles. The fourth-order valence-corrected chi connectivity index (χ4v) is 5.71. The molecule has 0 bridgehead atoms. The maximum absolute atomic E-state index is 13.6. The summed E-state index contributed by atoms with van der Waals surface area (Å²) < 4.78 is 0. The Kier molecular flexibility index (Phi) is 5.29. The van der Waals surface area contributed by atoms with E-state index in [9.17, 15) is 4.79 Å². The summed E-state index contributed by atoms with van der Waals surface area (Å²) in [5, 5.41) is 0. The van der Waals surface area contributed by atoms with Crippen LogP contribution in [0, 0.1) is 6.92 Å². The van der Waals surface area contributed by atoms with Gasteiger partial charge in [-0.1, -0.05) is 55.0 Å². The monoisotopic (exact) mass is 391 g/mol. The lowest BCUT2D eigenvalue weighted by molar-refractivity contribution is -0.896. The van der Waals surface area contributed by atoms with Crippen molar-refractivity contribution in [2.45, 2.75) is 64.3 Å². The van der Waals surface area contributed by atoms with Crippen LogP contribution in [-0.2, 0) is 10.2 Å². The first kappa shape index (κ1) is 20.2. The Morgan fingerprint density at radius 2 is 1.69 bits per heavy atom. The van der Waals surface area contributed by atoms with Crippen LogP contribution in [0.25, 0.3) is 0 Å². The molecule has 2 aromatic carbocycles. The van der Waals surface area contributed by atoms with E-state index >= 15 is 0 Å². The SMILES string of the molecule is Cc1ccc2c(c1)[C@](C)(c1ccccc1)CC(C)(C)N2C(=O)C[NH+]1CCCCC1. The lowest BCUT2D eigenvalue weighted by Gasteiger charge is -2.51. The van der Waals surface area contributed by atoms with Crippen molar-refractivity contribution >= 4 is 11.6 Å². The molecule has 0 spiro atoms. The Bertz CT molecular complexity index is 883. The van der Waals surface area contributed by atoms with Crippen molar-refractivity contribution in [3.63, 3.8) is 0 Å². The number of fused-ring (bicyclic) bond motifs is 1. The van der Waals surface area contributed by atoms with Crippen molar-refractivity contribution in [2.24, 2.45) is 0 Å². The van der Waals surface area contributed by atoms with E-state index in [1.54, 1.807) is 0 Å². The Hall–Kier alpha value is -2.13. The summed E-state index contributed by atoms with van der Waals surface area (Å²) in [5.74, 6) is 0.270. The molecule has 3 heteroatoms. The molecule has 0 aliphatic carbocycles. The summed E-state index contributed by atoms with van der Waals surface area (Å²) in [6.07, 6.45) is 4.72. The molecule has 2 aromatic rings. The van der Waals surface area contributed by atoms with Crippen LogP contribution < -0.4 is 9.80 Å². The molecule has 0 unspecified atom stereocenters. The second-order valence-electron chi connectivity index (χ2n) is 9.92. The molecule has 2 aliphatic rings. The van der Waals surface area contributed by atoms with Crippen LogP contribution in [0.3, 0.4) is 0 Å². The molecular weight excluding hydrogens is 356 g/mol. The normalized spacial score (nSPS) is 24.2. The fraction of sp³-hybridized carbons (Fsp3) is 0.500. The van der Waals surface area contributed by atoms with E-state index in [2.05, 4.69) is 81.1 Å². The van der Waals surface area contributed by atoms with E-state index in [4.69, 9.17) is 0 Å². The van der Waals surface area contributed by atoms with E-state index < -0.39 is 0 Å². The van der Waals surface area contributed by atoms with Gasteiger partial charge in [0.25, 0.3) is 5.91 Å². The quantitative estimate of drug-likeness (QED) is 0.844. The Morgan fingerprint density at radius 1 is 1.00 bits per heavy atom. The third-order valence-corrected chi connectivity index (χ3v) is 7.00. The third kappa shape index (κ3) is 3.73. The molecular formula is C26H35N2O+. The van der Waals surface area contributed by atoms with Gasteiger partial charge in [-0.25, -0.2) is 0 Å². The molecule has 0 saturated carbocycles. The van der Waals surface area contributed by atoms with E-state index in [1.165, 1.54) is 40.9 Å². The van der Waals surface area contributed by atoms with Gasteiger partial charge in [-0.2, -0.15) is 0 Å². The van der Waals surface area contributed by atoms with Gasteiger partial charge in [0.2, 0.25) is 0 Å². The van der Waals surface area contributed by atoms with Gasteiger partial charge in [-0.15, -0.1) is 0 Å². The molecule has 1 N–H and O–H groups in total. The van der Waals surface area contributed by atoms with Gasteiger partial charge in [0.05, 0.1) is 13.1 Å². The van der Waals surface area contributed by atoms with E-state index in [0.717, 1.165) is 25.2 Å². The maximum Gasteiger partial charge on any atom is 0.282 e. The predicted molar refractivity (Wildman–Crippen MR) is 120 cm³/mol. The molecule has 2 heterocycles. The minimum absolute atomic E-state index is 0.110. The largest absolute Gasteiger partial charge is 0.327 e. The van der Waals surface area contributed by atoms with Crippen LogP contribution in [0.15, 0.2) is 48.5 Å². The van der Waals surface area contributed by atoms with Gasteiger partial charge in [0, 0.05) is 16.6 Å². The topological polar surface area (TPSA) is 24.8 Å². The summed E-state index contributed by atoms with van der Waals surface area (Å²) in [4.78, 5) is 17.1. The van der Waals surface area contributed by atoms with Crippen molar-refractivity contribution in [3.8, 4) is 0 Å². The number of nitrogens with one attached hydrogen (secondary N) is 1. The molecule has 0 radical (unpaired) electrons. The zero-order chi connectivity index (χ0) is 20.6. The highest BCUT2D eigenvalue weighted by atomic mass is 16.2. The van der Waals surface area contributed by atoms with Gasteiger partial charge in [-0.3, -0.25) is 4.79 Å². The molecule has 4 rings (SSSR count). The number of nitrogens with zero attached hydrogens (tertiary/aromatic N) is 1. The lowest BCUT2D eigenvalue weighted by Crippen LogP contribution is -3.14. The van der Waals surface area contributed by atoms with E-state index in [0.29, 0.717) is 6.54 Å². The standard InChI is InChI=1S/C26H34N2O/c1-20-13-14-23-22(17-20)26(4,21-11-7-5-8-12-21)19-25(2,3)28(23)24(29)18-27-15-9-6-10-16-27/h5,7-8,11-14,17H,6,9-10,15-16,18-19H2,1-4H3/p+1/t26-/m0/s1. The number of hydrogen-bond acceptors (Lipinski definition) is 1. The number of rotatable bonds is 3. The van der Waals surface area contributed by atoms with Gasteiger partial charge >= 0.3 is 0 Å². The molecule has 2 aliphatic heterocycles. The average Bonchev–Trinajstić information content (AvgIpc) is 2.69. The maximum atomic E-state index is 13.6. The van der Waals surface area contributed by atoms with Crippen LogP contribution in [0.1, 0.15) is 63.1 Å². The summed E-state index contributed by atoms with van der Waals surface area (Å²) in [6.45, 7) is 11.8. The zero-order valence-electron chi connectivity index (χ0n) is 18.4. The summed E-state index contributed by atoms with van der Waals surface area (Å²) in [5.41, 5.74) is 4.61. The zero-order valence-corrected chi connectivity index (χ0v) is 18.4. The highest BCUT2D eigenvalue weighted by Gasteiger charge is 2.48. The number of hydrogen-bond donors (Lipinski definition) is 1. The Morgan fingerprint density at radius 3 is 2.38 bits per heavy atom. The van der Waals surface area contributed by atoms with Gasteiger partial charge in [-0.05, 0) is 63.6 Å². The van der Waals surface area contributed by atoms with E-state index in [1.807, 2.05) is 0 Å². The number of benzene rings is 2. The number of aryl methyl sites for hydroxylation is 1. The lowest BCUT2D eigenvalue weighted by atomic mass is 9.65. The minimum Gasteiger partial charge on any atom is -0.327 e. The van der Waals surface area contributed by atoms with Crippen molar-refractivity contribution in [1.29, 1.82) is 0 Å². The molecule has 1 atom stereocenters. The molecule has 1 saturated heterocycles. The second kappa shape index (κ2) is 7.60. The van der Waals surface area contributed by atoms with Crippen molar-refractivity contribution < 1.29 is 9.69 Å². The minimum atomic E-state index is -0.237. The number of anilines is 1. The highest BCUT2D eigenvalue weighted by Crippen LogP contribution is 2.50. The van der Waals surface area contributed by atoms with Crippen LogP contribution in [0.4, 0.5) is 5.69 Å².